The highest BCUT2D eigenvalue weighted by molar-refractivity contribution is 5.71. The zero-order chi connectivity index (χ0) is 59.9. The van der Waals surface area contributed by atoms with E-state index in [0.29, 0.717) is 19.3 Å². The predicted octanol–water partition coefficient (Wildman–Crippen LogP) is 24.3. The fourth-order valence-electron chi connectivity index (χ4n) is 9.67. The molecule has 0 radical (unpaired) electrons. The van der Waals surface area contributed by atoms with Crippen LogP contribution in [0, 0.1) is 0 Å². The van der Waals surface area contributed by atoms with Crippen LogP contribution in [0.2, 0.25) is 0 Å². The van der Waals surface area contributed by atoms with Crippen LogP contribution in [0.15, 0.2) is 122 Å². The lowest BCUT2D eigenvalue weighted by Gasteiger charge is -2.18. The van der Waals surface area contributed by atoms with Gasteiger partial charge in [-0.05, 0) is 128 Å². The van der Waals surface area contributed by atoms with Crippen molar-refractivity contribution in [3.63, 3.8) is 0 Å². The highest BCUT2D eigenvalue weighted by Crippen LogP contribution is 2.17. The van der Waals surface area contributed by atoms with Gasteiger partial charge in [0.15, 0.2) is 6.10 Å². The Labute approximate surface area is 513 Å². The quantitative estimate of drug-likeness (QED) is 0.0261. The summed E-state index contributed by atoms with van der Waals surface area (Å²) >= 11 is 0. The van der Waals surface area contributed by atoms with Crippen molar-refractivity contribution in [2.45, 2.75) is 335 Å². The summed E-state index contributed by atoms with van der Waals surface area (Å²) in [5, 5.41) is 0. The number of rotatable bonds is 63. The van der Waals surface area contributed by atoms with Crippen molar-refractivity contribution in [2.75, 3.05) is 13.2 Å². The number of unbranched alkanes of at least 4 members (excludes halogenated alkanes) is 32. The second kappa shape index (κ2) is 70.3. The number of hydrogen-bond donors (Lipinski definition) is 0. The third-order valence-corrected chi connectivity index (χ3v) is 14.9. The molecule has 83 heavy (non-hydrogen) atoms. The maximum Gasteiger partial charge on any atom is 0.306 e. The van der Waals surface area contributed by atoms with Crippen molar-refractivity contribution in [2.24, 2.45) is 0 Å². The maximum atomic E-state index is 12.9. The molecule has 0 heterocycles. The van der Waals surface area contributed by atoms with Gasteiger partial charge >= 0.3 is 17.9 Å². The molecule has 0 amide bonds. The molecular formula is C77H130O6. The molecule has 0 aromatic carbocycles. The average Bonchev–Trinajstić information content (AvgIpc) is 3.48. The normalized spacial score (nSPS) is 12.9. The molecule has 0 rings (SSSR count). The van der Waals surface area contributed by atoms with E-state index < -0.39 is 6.10 Å². The largest absolute Gasteiger partial charge is 0.462 e. The molecule has 0 spiro atoms. The van der Waals surface area contributed by atoms with E-state index in [-0.39, 0.29) is 31.1 Å². The molecule has 0 aromatic heterocycles. The van der Waals surface area contributed by atoms with E-state index in [1.807, 2.05) is 0 Å². The van der Waals surface area contributed by atoms with E-state index in [4.69, 9.17) is 14.2 Å². The summed E-state index contributed by atoms with van der Waals surface area (Å²) in [7, 11) is 0. The first-order chi connectivity index (χ1) is 41.0. The van der Waals surface area contributed by atoms with Crippen LogP contribution in [0.25, 0.3) is 0 Å². The fourth-order valence-corrected chi connectivity index (χ4v) is 9.67. The molecule has 6 heteroatoms. The van der Waals surface area contributed by atoms with Crippen LogP contribution in [-0.4, -0.2) is 37.2 Å². The summed E-state index contributed by atoms with van der Waals surface area (Å²) in [6.45, 7) is 6.48. The first-order valence-corrected chi connectivity index (χ1v) is 35.0. The van der Waals surface area contributed by atoms with E-state index in [1.54, 1.807) is 0 Å². The monoisotopic (exact) mass is 1150 g/mol. The zero-order valence-corrected chi connectivity index (χ0v) is 54.4. The molecular weight excluding hydrogens is 1020 g/mol. The Balaban J connectivity index is 4.29. The van der Waals surface area contributed by atoms with Gasteiger partial charge in [-0.25, -0.2) is 0 Å². The van der Waals surface area contributed by atoms with Gasteiger partial charge in [0.25, 0.3) is 0 Å². The summed E-state index contributed by atoms with van der Waals surface area (Å²) in [6, 6.07) is 0. The molecule has 1 atom stereocenters. The third kappa shape index (κ3) is 68.5. The first kappa shape index (κ1) is 78.8. The molecule has 0 bridgehead atoms. The number of allylic oxidation sites excluding steroid dienone is 20. The van der Waals surface area contributed by atoms with E-state index in [0.717, 1.165) is 135 Å². The smallest absolute Gasteiger partial charge is 0.306 e. The van der Waals surface area contributed by atoms with E-state index in [1.165, 1.54) is 154 Å². The van der Waals surface area contributed by atoms with E-state index in [9.17, 15) is 14.4 Å². The van der Waals surface area contributed by atoms with Crippen LogP contribution in [0.5, 0.6) is 0 Å². The second-order valence-electron chi connectivity index (χ2n) is 23.1. The zero-order valence-electron chi connectivity index (χ0n) is 54.4. The van der Waals surface area contributed by atoms with Crippen LogP contribution in [0.4, 0.5) is 0 Å². The Morgan fingerprint density at radius 1 is 0.253 bits per heavy atom. The van der Waals surface area contributed by atoms with Crippen molar-refractivity contribution in [3.8, 4) is 0 Å². The van der Waals surface area contributed by atoms with Gasteiger partial charge in [-0.1, -0.05) is 303 Å². The minimum atomic E-state index is -0.794. The molecule has 0 N–H and O–H groups in total. The number of esters is 3. The van der Waals surface area contributed by atoms with Gasteiger partial charge in [0, 0.05) is 19.3 Å². The van der Waals surface area contributed by atoms with Crippen molar-refractivity contribution >= 4 is 17.9 Å². The minimum absolute atomic E-state index is 0.0892. The van der Waals surface area contributed by atoms with Crippen molar-refractivity contribution < 1.29 is 28.6 Å². The lowest BCUT2D eigenvalue weighted by molar-refractivity contribution is -0.167. The topological polar surface area (TPSA) is 78.9 Å². The summed E-state index contributed by atoms with van der Waals surface area (Å²) < 4.78 is 16.9. The third-order valence-electron chi connectivity index (χ3n) is 14.9. The van der Waals surface area contributed by atoms with Crippen LogP contribution < -0.4 is 0 Å². The summed E-state index contributed by atoms with van der Waals surface area (Å²) in [5.41, 5.74) is 0. The average molecular weight is 1150 g/mol. The van der Waals surface area contributed by atoms with E-state index >= 15 is 0 Å². The van der Waals surface area contributed by atoms with Crippen LogP contribution in [-0.2, 0) is 28.6 Å². The fraction of sp³-hybridized carbons (Fsp3) is 0.701. The van der Waals surface area contributed by atoms with Gasteiger partial charge in [-0.15, -0.1) is 0 Å². The number of carbonyl (C=O) groups is 3. The molecule has 0 fully saturated rings. The molecule has 0 aliphatic rings. The SMILES string of the molecule is CC/C=C\C/C=C\C/C=C\C/C=C\C/C=C\C/C=C\C/C=C\CCCCCCCC(=O)OCC(COC(=O)CCCCCCC/C=C\CCCC)OC(=O)CCCCCCCCCCCCCCCCC/C=C\C/C=C\CCCCCCC. The van der Waals surface area contributed by atoms with Gasteiger partial charge < -0.3 is 14.2 Å². The Bertz CT molecular complexity index is 1700. The molecule has 0 aliphatic carbocycles. The molecule has 0 aliphatic heterocycles. The number of hydrogen-bond acceptors (Lipinski definition) is 6. The van der Waals surface area contributed by atoms with Crippen molar-refractivity contribution in [1.82, 2.24) is 0 Å². The standard InChI is InChI=1S/C77H130O6/c1-4-7-10-13-16-19-22-24-26-28-30-32-34-36-38-40-42-44-46-48-50-52-55-58-61-64-67-70-76(79)82-73-74(72-81-75(78)69-66-63-60-57-54-21-18-15-12-9-6-3)83-77(80)71-68-65-62-59-56-53-51-49-47-45-43-41-39-37-35-33-31-29-27-25-23-20-17-14-11-8-5-2/h7,10,15-16,18-19,23-26,29-32,36,38,42,44,48,50,74H,4-6,8-9,11-14,17,20-22,27-28,33-35,37,39-41,43,45-47,49,51-73H2,1-3H3/b10-7-,18-15-,19-16-,25-23-,26-24-,31-29-,32-30-,38-36-,44-42-,50-48-. The van der Waals surface area contributed by atoms with Crippen molar-refractivity contribution in [3.05, 3.63) is 122 Å². The Morgan fingerprint density at radius 3 is 0.783 bits per heavy atom. The van der Waals surface area contributed by atoms with Crippen molar-refractivity contribution in [1.29, 1.82) is 0 Å². The molecule has 0 saturated heterocycles. The maximum absolute atomic E-state index is 12.9. The van der Waals surface area contributed by atoms with Gasteiger partial charge in [-0.3, -0.25) is 14.4 Å². The van der Waals surface area contributed by atoms with Crippen LogP contribution in [0.1, 0.15) is 329 Å². The van der Waals surface area contributed by atoms with Crippen LogP contribution >= 0.6 is 0 Å². The summed E-state index contributed by atoms with van der Waals surface area (Å²) in [4.78, 5) is 38.4. The van der Waals surface area contributed by atoms with E-state index in [2.05, 4.69) is 142 Å². The van der Waals surface area contributed by atoms with Crippen LogP contribution in [0.3, 0.4) is 0 Å². The predicted molar refractivity (Wildman–Crippen MR) is 362 cm³/mol. The molecule has 6 nitrogen and oxygen atoms in total. The first-order valence-electron chi connectivity index (χ1n) is 35.0. The second-order valence-corrected chi connectivity index (χ2v) is 23.1. The Morgan fingerprint density at radius 2 is 0.482 bits per heavy atom. The van der Waals surface area contributed by atoms with Gasteiger partial charge in [0.1, 0.15) is 13.2 Å². The minimum Gasteiger partial charge on any atom is -0.462 e. The Kier molecular flexibility index (Phi) is 66.7. The highest BCUT2D eigenvalue weighted by atomic mass is 16.6. The van der Waals surface area contributed by atoms with Gasteiger partial charge in [-0.2, -0.15) is 0 Å². The van der Waals surface area contributed by atoms with Gasteiger partial charge in [0.05, 0.1) is 0 Å². The molecule has 1 unspecified atom stereocenters. The highest BCUT2D eigenvalue weighted by Gasteiger charge is 2.19. The summed E-state index contributed by atoms with van der Waals surface area (Å²) in [5.74, 6) is -0.909. The molecule has 0 saturated carbocycles. The lowest BCUT2D eigenvalue weighted by Crippen LogP contribution is -2.30. The number of carbonyl (C=O) groups excluding carboxylic acids is 3. The summed E-state index contributed by atoms with van der Waals surface area (Å²) in [6.07, 6.45) is 98.0. The lowest BCUT2D eigenvalue weighted by atomic mass is 10.0. The number of ether oxygens (including phenoxy) is 3. The Hall–Kier alpha value is -4.19. The molecule has 474 valence electrons. The van der Waals surface area contributed by atoms with Gasteiger partial charge in [0.2, 0.25) is 0 Å². The molecule has 0 aromatic rings.